The smallest absolute Gasteiger partial charge is 0.261 e. The van der Waals surface area contributed by atoms with Gasteiger partial charge in [0.25, 0.3) is 6.43 Å². The lowest BCUT2D eigenvalue weighted by Gasteiger charge is -2.07. The first-order valence-electron chi connectivity index (χ1n) is 4.45. The van der Waals surface area contributed by atoms with Crippen molar-refractivity contribution >= 4 is 17.2 Å². The number of thiocarbonyl (C=S) groups is 1. The van der Waals surface area contributed by atoms with E-state index in [0.717, 1.165) is 0 Å². The van der Waals surface area contributed by atoms with E-state index in [0.29, 0.717) is 0 Å². The van der Waals surface area contributed by atoms with E-state index in [1.54, 1.807) is 6.07 Å². The van der Waals surface area contributed by atoms with Crippen molar-refractivity contribution in [3.63, 3.8) is 0 Å². The summed E-state index contributed by atoms with van der Waals surface area (Å²) in [4.78, 5) is -0.0757. The van der Waals surface area contributed by atoms with E-state index in [-0.39, 0.29) is 22.7 Å². The molecule has 0 saturated carbocycles. The minimum absolute atomic E-state index is 0.0757. The van der Waals surface area contributed by atoms with E-state index in [4.69, 9.17) is 5.73 Å². The van der Waals surface area contributed by atoms with Crippen LogP contribution in [0.4, 0.5) is 13.2 Å². The molecule has 1 aromatic carbocycles. The minimum atomic E-state index is -2.57. The molecule has 0 heterocycles. The first-order valence-corrected chi connectivity index (χ1v) is 4.86. The van der Waals surface area contributed by atoms with Gasteiger partial charge in [0.05, 0.1) is 6.61 Å². The van der Waals surface area contributed by atoms with Crippen LogP contribution in [0.5, 0.6) is 0 Å². The molecule has 0 radical (unpaired) electrons. The predicted octanol–water partition coefficient (Wildman–Crippen LogP) is 2.24. The molecule has 88 valence electrons. The van der Waals surface area contributed by atoms with Crippen LogP contribution in [0.2, 0.25) is 0 Å². The number of halogens is 3. The quantitative estimate of drug-likeness (QED) is 0.813. The maximum absolute atomic E-state index is 13.6. The zero-order chi connectivity index (χ0) is 12.1. The lowest BCUT2D eigenvalue weighted by atomic mass is 10.1. The third-order valence-corrected chi connectivity index (χ3v) is 2.07. The molecule has 0 fully saturated rings. The maximum atomic E-state index is 13.6. The fraction of sp³-hybridized carbons (Fsp3) is 0.300. The second-order valence-electron chi connectivity index (χ2n) is 3.05. The van der Waals surface area contributed by atoms with Gasteiger partial charge >= 0.3 is 0 Å². The summed E-state index contributed by atoms with van der Waals surface area (Å²) in [5, 5.41) is 0. The Morgan fingerprint density at radius 3 is 2.69 bits per heavy atom. The van der Waals surface area contributed by atoms with Crippen LogP contribution in [0.15, 0.2) is 18.2 Å². The molecule has 0 spiro atoms. The predicted molar refractivity (Wildman–Crippen MR) is 57.9 cm³/mol. The molecule has 1 aromatic rings. The summed E-state index contributed by atoms with van der Waals surface area (Å²) in [5.41, 5.74) is 5.54. The molecule has 0 amide bonds. The summed E-state index contributed by atoms with van der Waals surface area (Å²) in [6.07, 6.45) is -2.57. The van der Waals surface area contributed by atoms with Crippen molar-refractivity contribution < 1.29 is 17.9 Å². The fourth-order valence-electron chi connectivity index (χ4n) is 1.14. The lowest BCUT2D eigenvalue weighted by Crippen LogP contribution is -2.13. The highest BCUT2D eigenvalue weighted by Crippen LogP contribution is 2.14. The standard InChI is InChI=1S/C10H10F3NOS/c11-8(12)5-15-4-6-2-1-3-7(9(6)13)10(14)16/h1-3,8H,4-5H2,(H2,14,16). The Balaban J connectivity index is 2.73. The molecule has 0 bridgehead atoms. The molecule has 16 heavy (non-hydrogen) atoms. The van der Waals surface area contributed by atoms with Gasteiger partial charge in [0.15, 0.2) is 0 Å². The molecule has 2 nitrogen and oxygen atoms in total. The summed E-state index contributed by atoms with van der Waals surface area (Å²) in [5.74, 6) is -0.621. The molecule has 0 saturated heterocycles. The number of rotatable bonds is 5. The minimum Gasteiger partial charge on any atom is -0.389 e. The van der Waals surface area contributed by atoms with Gasteiger partial charge < -0.3 is 10.5 Å². The van der Waals surface area contributed by atoms with Gasteiger partial charge in [-0.25, -0.2) is 13.2 Å². The highest BCUT2D eigenvalue weighted by Gasteiger charge is 2.10. The van der Waals surface area contributed by atoms with Crippen LogP contribution in [-0.4, -0.2) is 18.0 Å². The first kappa shape index (κ1) is 12.9. The van der Waals surface area contributed by atoms with E-state index >= 15 is 0 Å². The molecule has 0 aromatic heterocycles. The number of benzene rings is 1. The number of hydrogen-bond donors (Lipinski definition) is 1. The molecular formula is C10H10F3NOS. The molecule has 1 rings (SSSR count). The van der Waals surface area contributed by atoms with E-state index in [9.17, 15) is 13.2 Å². The normalized spacial score (nSPS) is 10.8. The number of hydrogen-bond acceptors (Lipinski definition) is 2. The SMILES string of the molecule is NC(=S)c1cccc(COCC(F)F)c1F. The number of alkyl halides is 2. The van der Waals surface area contributed by atoms with Gasteiger partial charge in [0, 0.05) is 11.1 Å². The van der Waals surface area contributed by atoms with Crippen LogP contribution in [-0.2, 0) is 11.3 Å². The number of ether oxygens (including phenoxy) is 1. The Kier molecular flexibility index (Phi) is 4.70. The Bertz CT molecular complexity index is 384. The van der Waals surface area contributed by atoms with Crippen molar-refractivity contribution in [3.05, 3.63) is 35.1 Å². The second kappa shape index (κ2) is 5.81. The Hall–Kier alpha value is -1.14. The fourth-order valence-corrected chi connectivity index (χ4v) is 1.30. The maximum Gasteiger partial charge on any atom is 0.261 e. The van der Waals surface area contributed by atoms with Crippen molar-refractivity contribution in [1.29, 1.82) is 0 Å². The van der Waals surface area contributed by atoms with Crippen LogP contribution < -0.4 is 5.73 Å². The highest BCUT2D eigenvalue weighted by molar-refractivity contribution is 7.80. The highest BCUT2D eigenvalue weighted by atomic mass is 32.1. The molecule has 0 aliphatic rings. The molecular weight excluding hydrogens is 239 g/mol. The average Bonchev–Trinajstić information content (AvgIpc) is 2.19. The summed E-state index contributed by atoms with van der Waals surface area (Å²) in [7, 11) is 0. The van der Waals surface area contributed by atoms with E-state index < -0.39 is 18.8 Å². The van der Waals surface area contributed by atoms with Crippen molar-refractivity contribution in [1.82, 2.24) is 0 Å². The third kappa shape index (κ3) is 3.46. The van der Waals surface area contributed by atoms with Crippen LogP contribution in [0.25, 0.3) is 0 Å². The Morgan fingerprint density at radius 1 is 1.44 bits per heavy atom. The van der Waals surface area contributed by atoms with Crippen LogP contribution in [0.3, 0.4) is 0 Å². The van der Waals surface area contributed by atoms with Crippen molar-refractivity contribution in [2.24, 2.45) is 5.73 Å². The molecule has 0 unspecified atom stereocenters. The van der Waals surface area contributed by atoms with Crippen LogP contribution >= 0.6 is 12.2 Å². The van der Waals surface area contributed by atoms with E-state index in [1.165, 1.54) is 12.1 Å². The van der Waals surface area contributed by atoms with Gasteiger partial charge in [-0.05, 0) is 6.07 Å². The van der Waals surface area contributed by atoms with Gasteiger partial charge in [-0.3, -0.25) is 0 Å². The summed E-state index contributed by atoms with van der Waals surface area (Å²) in [6.45, 7) is -0.955. The zero-order valence-corrected chi connectivity index (χ0v) is 9.07. The monoisotopic (exact) mass is 249 g/mol. The Labute approximate surface area is 96.2 Å². The zero-order valence-electron chi connectivity index (χ0n) is 8.25. The van der Waals surface area contributed by atoms with E-state index in [2.05, 4.69) is 17.0 Å². The van der Waals surface area contributed by atoms with E-state index in [1.807, 2.05) is 0 Å². The number of nitrogens with two attached hydrogens (primary N) is 1. The average molecular weight is 249 g/mol. The van der Waals surface area contributed by atoms with Gasteiger partial charge in [-0.15, -0.1) is 0 Å². The second-order valence-corrected chi connectivity index (χ2v) is 3.49. The molecule has 2 N–H and O–H groups in total. The summed E-state index contributed by atoms with van der Waals surface area (Å²) in [6, 6.07) is 4.40. The van der Waals surface area contributed by atoms with Gasteiger partial charge in [-0.2, -0.15) is 0 Å². The molecule has 0 aliphatic carbocycles. The molecule has 0 aliphatic heterocycles. The van der Waals surface area contributed by atoms with Crippen molar-refractivity contribution in [3.8, 4) is 0 Å². The topological polar surface area (TPSA) is 35.2 Å². The lowest BCUT2D eigenvalue weighted by molar-refractivity contribution is 0.00901. The van der Waals surface area contributed by atoms with Crippen LogP contribution in [0, 0.1) is 5.82 Å². The largest absolute Gasteiger partial charge is 0.389 e. The summed E-state index contributed by atoms with van der Waals surface area (Å²) < 4.78 is 41.8. The molecule has 0 atom stereocenters. The van der Waals surface area contributed by atoms with Gasteiger partial charge in [0.2, 0.25) is 0 Å². The van der Waals surface area contributed by atoms with Gasteiger partial charge in [0.1, 0.15) is 17.4 Å². The molecule has 6 heteroatoms. The Morgan fingerprint density at radius 2 is 2.12 bits per heavy atom. The first-order chi connectivity index (χ1) is 7.52. The van der Waals surface area contributed by atoms with Crippen molar-refractivity contribution in [2.45, 2.75) is 13.0 Å². The van der Waals surface area contributed by atoms with Crippen molar-refractivity contribution in [2.75, 3.05) is 6.61 Å². The van der Waals surface area contributed by atoms with Crippen LogP contribution in [0.1, 0.15) is 11.1 Å². The summed E-state index contributed by atoms with van der Waals surface area (Å²) >= 11 is 4.64. The van der Waals surface area contributed by atoms with Gasteiger partial charge in [-0.1, -0.05) is 24.4 Å². The third-order valence-electron chi connectivity index (χ3n) is 1.85.